The van der Waals surface area contributed by atoms with Gasteiger partial charge < -0.3 is 24.5 Å². The number of rotatable bonds is 9. The highest BCUT2D eigenvalue weighted by atomic mass is 16.5. The van der Waals surface area contributed by atoms with E-state index in [9.17, 15) is 14.4 Å². The van der Waals surface area contributed by atoms with Crippen molar-refractivity contribution in [3.05, 3.63) is 66.1 Å². The molecule has 1 aromatic heterocycles. The molecule has 2 heterocycles. The molecule has 2 amide bonds. The number of morpholine rings is 1. The van der Waals surface area contributed by atoms with E-state index in [1.54, 1.807) is 23.1 Å². The Bertz CT molecular complexity index is 1110. The minimum absolute atomic E-state index is 0.0316. The molecule has 2 N–H and O–H groups in total. The van der Waals surface area contributed by atoms with Crippen LogP contribution in [-0.4, -0.2) is 60.6 Å². The number of nitrogens with zero attached hydrogens (tertiary/aromatic N) is 2. The lowest BCUT2D eigenvalue weighted by molar-refractivity contribution is -0.137. The van der Waals surface area contributed by atoms with Gasteiger partial charge in [0.1, 0.15) is 5.52 Å². The van der Waals surface area contributed by atoms with Gasteiger partial charge in [0, 0.05) is 19.0 Å². The summed E-state index contributed by atoms with van der Waals surface area (Å²) in [4.78, 5) is 44.2. The van der Waals surface area contributed by atoms with Gasteiger partial charge in [0.15, 0.2) is 5.58 Å². The molecule has 1 fully saturated rings. The van der Waals surface area contributed by atoms with Crippen LogP contribution in [0.5, 0.6) is 0 Å². The Hall–Kier alpha value is -3.72. The quantitative estimate of drug-likeness (QED) is 0.481. The van der Waals surface area contributed by atoms with E-state index in [0.29, 0.717) is 37.4 Å². The van der Waals surface area contributed by atoms with Crippen molar-refractivity contribution in [3.8, 4) is 0 Å². The number of carbonyl (C=O) groups is 3. The first kappa shape index (κ1) is 23.4. The first-order chi connectivity index (χ1) is 16.5. The largest absolute Gasteiger partial charge is 0.450 e. The molecule has 9 heteroatoms. The number of hydrogen-bond donors (Lipinski definition) is 1. The Morgan fingerprint density at radius 1 is 1.03 bits per heavy atom. The monoisotopic (exact) mass is 465 g/mol. The molecule has 0 saturated carbocycles. The Labute approximate surface area is 196 Å². The molecule has 34 heavy (non-hydrogen) atoms. The van der Waals surface area contributed by atoms with Crippen molar-refractivity contribution in [2.45, 2.75) is 18.8 Å². The molecule has 1 aliphatic heterocycles. The summed E-state index contributed by atoms with van der Waals surface area (Å²) in [6, 6.07) is 16.5. The average molecular weight is 466 g/mol. The topological polar surface area (TPSA) is 125 Å². The number of primary amides is 1. The molecule has 2 aromatic carbocycles. The first-order valence-corrected chi connectivity index (χ1v) is 11.3. The standard InChI is InChI=1S/C25H27N3O6/c26-25(31)33-13-10-18(22(29)23-27-20-8-4-5-9-21(20)34-23)16-19(17-6-2-1-3-7-17)24(30)28-11-14-32-15-12-28/h1-9,18-19H,10-16H2,(H2,26,31). The van der Waals surface area contributed by atoms with Crippen LogP contribution in [0.15, 0.2) is 59.0 Å². The summed E-state index contributed by atoms with van der Waals surface area (Å²) in [6.07, 6.45) is -0.530. The molecule has 9 nitrogen and oxygen atoms in total. The average Bonchev–Trinajstić information content (AvgIpc) is 3.30. The second-order valence-electron chi connectivity index (χ2n) is 8.14. The van der Waals surface area contributed by atoms with E-state index in [2.05, 4.69) is 4.98 Å². The number of carbonyl (C=O) groups excluding carboxylic acids is 3. The third-order valence-corrected chi connectivity index (χ3v) is 5.93. The van der Waals surface area contributed by atoms with E-state index in [-0.39, 0.29) is 37.0 Å². The van der Waals surface area contributed by atoms with Gasteiger partial charge in [-0.25, -0.2) is 9.78 Å². The normalized spacial score (nSPS) is 15.6. The zero-order valence-corrected chi connectivity index (χ0v) is 18.7. The van der Waals surface area contributed by atoms with Gasteiger partial charge in [0.2, 0.25) is 11.7 Å². The van der Waals surface area contributed by atoms with Gasteiger partial charge in [-0.15, -0.1) is 0 Å². The Morgan fingerprint density at radius 3 is 2.44 bits per heavy atom. The minimum atomic E-state index is -0.919. The smallest absolute Gasteiger partial charge is 0.404 e. The molecule has 0 radical (unpaired) electrons. The number of para-hydroxylation sites is 2. The van der Waals surface area contributed by atoms with Crippen molar-refractivity contribution in [1.29, 1.82) is 0 Å². The first-order valence-electron chi connectivity index (χ1n) is 11.3. The second kappa shape index (κ2) is 10.9. The molecule has 0 spiro atoms. The summed E-state index contributed by atoms with van der Waals surface area (Å²) >= 11 is 0. The fraction of sp³-hybridized carbons (Fsp3) is 0.360. The molecule has 2 atom stereocenters. The number of nitrogens with two attached hydrogens (primary N) is 1. The van der Waals surface area contributed by atoms with E-state index in [1.165, 1.54) is 0 Å². The minimum Gasteiger partial charge on any atom is -0.450 e. The molecule has 1 saturated heterocycles. The fourth-order valence-corrected chi connectivity index (χ4v) is 4.16. The summed E-state index contributed by atoms with van der Waals surface area (Å²) in [7, 11) is 0. The van der Waals surface area contributed by atoms with Gasteiger partial charge in [0.25, 0.3) is 5.89 Å². The van der Waals surface area contributed by atoms with Crippen LogP contribution in [0.25, 0.3) is 11.1 Å². The van der Waals surface area contributed by atoms with Crippen LogP contribution in [0, 0.1) is 5.92 Å². The number of ether oxygens (including phenoxy) is 2. The Kier molecular flexibility index (Phi) is 7.54. The lowest BCUT2D eigenvalue weighted by atomic mass is 9.84. The van der Waals surface area contributed by atoms with Crippen LogP contribution in [0.2, 0.25) is 0 Å². The van der Waals surface area contributed by atoms with Crippen LogP contribution in [0.4, 0.5) is 4.79 Å². The summed E-state index contributed by atoms with van der Waals surface area (Å²) in [5, 5.41) is 0. The molecule has 0 aliphatic carbocycles. The van der Waals surface area contributed by atoms with Crippen LogP contribution in [0.1, 0.15) is 35.0 Å². The SMILES string of the molecule is NC(=O)OCCC(CC(C(=O)N1CCOCC1)c1ccccc1)C(=O)c1nc2ccccc2o1. The maximum atomic E-state index is 13.5. The molecule has 1 aliphatic rings. The molecule has 0 bridgehead atoms. The third-order valence-electron chi connectivity index (χ3n) is 5.93. The zero-order valence-electron chi connectivity index (χ0n) is 18.7. The van der Waals surface area contributed by atoms with Crippen LogP contribution in [0.3, 0.4) is 0 Å². The number of fused-ring (bicyclic) bond motifs is 1. The predicted molar refractivity (Wildman–Crippen MR) is 123 cm³/mol. The summed E-state index contributed by atoms with van der Waals surface area (Å²) in [5.74, 6) is -1.69. The van der Waals surface area contributed by atoms with E-state index in [1.807, 2.05) is 36.4 Å². The Morgan fingerprint density at radius 2 is 1.74 bits per heavy atom. The highest BCUT2D eigenvalue weighted by molar-refractivity contribution is 5.96. The van der Waals surface area contributed by atoms with Crippen molar-refractivity contribution in [3.63, 3.8) is 0 Å². The van der Waals surface area contributed by atoms with Crippen molar-refractivity contribution < 1.29 is 28.3 Å². The lowest BCUT2D eigenvalue weighted by Crippen LogP contribution is -2.43. The van der Waals surface area contributed by atoms with Crippen molar-refractivity contribution in [1.82, 2.24) is 9.88 Å². The van der Waals surface area contributed by atoms with Crippen LogP contribution in [-0.2, 0) is 14.3 Å². The number of benzene rings is 2. The van der Waals surface area contributed by atoms with E-state index in [0.717, 1.165) is 5.56 Å². The number of amides is 2. The van der Waals surface area contributed by atoms with E-state index < -0.39 is 17.9 Å². The molecular formula is C25H27N3O6. The maximum absolute atomic E-state index is 13.5. The van der Waals surface area contributed by atoms with Crippen molar-refractivity contribution >= 4 is 28.9 Å². The number of Topliss-reactive ketones (excluding diaryl/α,β-unsaturated/α-hetero) is 1. The predicted octanol–water partition coefficient (Wildman–Crippen LogP) is 3.14. The van der Waals surface area contributed by atoms with Gasteiger partial charge in [-0.2, -0.15) is 0 Å². The molecular weight excluding hydrogens is 438 g/mol. The Balaban J connectivity index is 1.62. The number of hydrogen-bond acceptors (Lipinski definition) is 7. The molecule has 4 rings (SSSR count). The zero-order chi connectivity index (χ0) is 23.9. The number of oxazole rings is 1. The van der Waals surface area contributed by atoms with Gasteiger partial charge >= 0.3 is 6.09 Å². The maximum Gasteiger partial charge on any atom is 0.404 e. The molecule has 178 valence electrons. The van der Waals surface area contributed by atoms with Gasteiger partial charge in [-0.3, -0.25) is 9.59 Å². The lowest BCUT2D eigenvalue weighted by Gasteiger charge is -2.31. The van der Waals surface area contributed by atoms with Crippen LogP contribution < -0.4 is 5.73 Å². The van der Waals surface area contributed by atoms with Crippen molar-refractivity contribution in [2.24, 2.45) is 11.7 Å². The van der Waals surface area contributed by atoms with E-state index in [4.69, 9.17) is 19.6 Å². The van der Waals surface area contributed by atoms with Gasteiger partial charge in [0.05, 0.1) is 25.7 Å². The fourth-order valence-electron chi connectivity index (χ4n) is 4.16. The third kappa shape index (κ3) is 5.60. The van der Waals surface area contributed by atoms with Gasteiger partial charge in [-0.05, 0) is 30.5 Å². The number of ketones is 1. The number of aromatic nitrogens is 1. The van der Waals surface area contributed by atoms with Gasteiger partial charge in [-0.1, -0.05) is 42.5 Å². The van der Waals surface area contributed by atoms with Crippen molar-refractivity contribution in [2.75, 3.05) is 32.9 Å². The van der Waals surface area contributed by atoms with E-state index >= 15 is 0 Å². The highest BCUT2D eigenvalue weighted by Crippen LogP contribution is 2.31. The molecule has 2 unspecified atom stereocenters. The van der Waals surface area contributed by atoms with Crippen LogP contribution >= 0.6 is 0 Å². The summed E-state index contributed by atoms with van der Waals surface area (Å²) in [6.45, 7) is 1.89. The summed E-state index contributed by atoms with van der Waals surface area (Å²) < 4.78 is 16.0. The summed E-state index contributed by atoms with van der Waals surface area (Å²) in [5.41, 5.74) is 6.99. The second-order valence-corrected chi connectivity index (χ2v) is 8.14. The molecule has 3 aromatic rings. The highest BCUT2D eigenvalue weighted by Gasteiger charge is 2.34.